The number of fused-ring (bicyclic) bond motifs is 1. The third-order valence-electron chi connectivity index (χ3n) is 3.43. The van der Waals surface area contributed by atoms with E-state index in [0.717, 1.165) is 14.7 Å². The molecule has 0 spiro atoms. The maximum Gasteiger partial charge on any atom is 0.326 e. The summed E-state index contributed by atoms with van der Waals surface area (Å²) in [5.41, 5.74) is 0.481. The zero-order valence-electron chi connectivity index (χ0n) is 11.7. The molecule has 1 aromatic heterocycles. The van der Waals surface area contributed by atoms with Crippen LogP contribution in [0.1, 0.15) is 9.67 Å². The number of carbonyl (C=O) groups is 1. The number of benzene rings is 1. The highest BCUT2D eigenvalue weighted by molar-refractivity contribution is 7.94. The minimum absolute atomic E-state index is 0.0606. The van der Waals surface area contributed by atoms with Gasteiger partial charge in [-0.05, 0) is 17.5 Å². The van der Waals surface area contributed by atoms with Crippen molar-refractivity contribution in [1.82, 2.24) is 0 Å². The summed E-state index contributed by atoms with van der Waals surface area (Å²) in [6.45, 7) is 0. The average molecular weight is 341 g/mol. The first kappa shape index (κ1) is 14.8. The van der Waals surface area contributed by atoms with Gasteiger partial charge < -0.3 is 5.32 Å². The molecule has 1 aromatic carbocycles. The van der Waals surface area contributed by atoms with Gasteiger partial charge in [-0.2, -0.15) is 8.42 Å². The van der Waals surface area contributed by atoms with E-state index in [0.29, 0.717) is 10.6 Å². The summed E-state index contributed by atoms with van der Waals surface area (Å²) in [6.07, 6.45) is 0. The number of nitrogens with one attached hydrogen (secondary N) is 1. The van der Waals surface area contributed by atoms with Gasteiger partial charge in [-0.1, -0.05) is 6.07 Å². The highest BCUT2D eigenvalue weighted by Gasteiger charge is 2.36. The Kier molecular flexibility index (Phi) is 3.33. The Morgan fingerprint density at radius 2 is 1.86 bits per heavy atom. The SMILES string of the molecule is CN1c2cc(F)c(NC(=O)c3cccs3)cc2N(C)S1(=O)=O. The van der Waals surface area contributed by atoms with Gasteiger partial charge >= 0.3 is 10.2 Å². The summed E-state index contributed by atoms with van der Waals surface area (Å²) in [6, 6.07) is 5.75. The van der Waals surface area contributed by atoms with Crippen molar-refractivity contribution >= 4 is 44.5 Å². The van der Waals surface area contributed by atoms with Crippen molar-refractivity contribution in [1.29, 1.82) is 0 Å². The molecule has 9 heteroatoms. The second-order valence-electron chi connectivity index (χ2n) is 4.69. The molecular formula is C13H12FN3O3S2. The van der Waals surface area contributed by atoms with E-state index in [4.69, 9.17) is 0 Å². The quantitative estimate of drug-likeness (QED) is 0.911. The molecule has 0 saturated carbocycles. The summed E-state index contributed by atoms with van der Waals surface area (Å²) in [7, 11) is -0.955. The first-order valence-corrected chi connectivity index (χ1v) is 8.51. The van der Waals surface area contributed by atoms with Crippen LogP contribution in [0.4, 0.5) is 21.5 Å². The summed E-state index contributed by atoms with van der Waals surface area (Å²) >= 11 is 1.23. The largest absolute Gasteiger partial charge is 0.326 e. The van der Waals surface area contributed by atoms with Crippen LogP contribution in [0, 0.1) is 5.82 Å². The molecule has 0 aliphatic carbocycles. The van der Waals surface area contributed by atoms with Crippen molar-refractivity contribution in [3.05, 3.63) is 40.3 Å². The summed E-state index contributed by atoms with van der Waals surface area (Å²) in [5, 5.41) is 4.20. The van der Waals surface area contributed by atoms with Gasteiger partial charge in [-0.15, -0.1) is 11.3 Å². The van der Waals surface area contributed by atoms with E-state index in [1.54, 1.807) is 17.5 Å². The lowest BCUT2D eigenvalue weighted by molar-refractivity contribution is 0.103. The molecule has 1 aliphatic rings. The summed E-state index contributed by atoms with van der Waals surface area (Å²) < 4.78 is 40.2. The predicted molar refractivity (Wildman–Crippen MR) is 84.4 cm³/mol. The molecule has 0 unspecified atom stereocenters. The number of hydrogen-bond donors (Lipinski definition) is 1. The lowest BCUT2D eigenvalue weighted by Gasteiger charge is -2.13. The van der Waals surface area contributed by atoms with Gasteiger partial charge in [0.05, 0.1) is 21.9 Å². The van der Waals surface area contributed by atoms with Crippen molar-refractivity contribution in [2.45, 2.75) is 0 Å². The molecule has 116 valence electrons. The van der Waals surface area contributed by atoms with Crippen LogP contribution in [0.2, 0.25) is 0 Å². The Bertz CT molecular complexity index is 850. The van der Waals surface area contributed by atoms with E-state index in [2.05, 4.69) is 5.32 Å². The number of hydrogen-bond acceptors (Lipinski definition) is 4. The number of carbonyl (C=O) groups excluding carboxylic acids is 1. The highest BCUT2D eigenvalue weighted by atomic mass is 32.2. The molecule has 1 aliphatic heterocycles. The van der Waals surface area contributed by atoms with Crippen LogP contribution in [-0.2, 0) is 10.2 Å². The van der Waals surface area contributed by atoms with Crippen LogP contribution in [0.5, 0.6) is 0 Å². The fraction of sp³-hybridized carbons (Fsp3) is 0.154. The zero-order valence-corrected chi connectivity index (χ0v) is 13.3. The molecule has 0 bridgehead atoms. The monoisotopic (exact) mass is 341 g/mol. The molecular weight excluding hydrogens is 329 g/mol. The van der Waals surface area contributed by atoms with Crippen LogP contribution in [0.3, 0.4) is 0 Å². The first-order valence-electron chi connectivity index (χ1n) is 6.23. The molecule has 0 saturated heterocycles. The van der Waals surface area contributed by atoms with Crippen molar-refractivity contribution in [3.63, 3.8) is 0 Å². The molecule has 1 N–H and O–H groups in total. The standard InChI is InChI=1S/C13H12FN3O3S2/c1-16-10-6-8(14)9(7-11(10)17(2)22(16,19)20)15-13(18)12-4-3-5-21-12/h3-7H,1-2H3,(H,15,18). The van der Waals surface area contributed by atoms with Crippen LogP contribution < -0.4 is 13.9 Å². The van der Waals surface area contributed by atoms with E-state index in [1.165, 1.54) is 31.5 Å². The topological polar surface area (TPSA) is 69.7 Å². The molecule has 22 heavy (non-hydrogen) atoms. The van der Waals surface area contributed by atoms with E-state index < -0.39 is 21.9 Å². The molecule has 0 atom stereocenters. The van der Waals surface area contributed by atoms with E-state index in [-0.39, 0.29) is 11.4 Å². The Morgan fingerprint density at radius 3 is 2.45 bits per heavy atom. The Hall–Kier alpha value is -2.13. The normalized spacial score (nSPS) is 15.8. The van der Waals surface area contributed by atoms with E-state index in [1.807, 2.05) is 0 Å². The lowest BCUT2D eigenvalue weighted by atomic mass is 10.2. The zero-order chi connectivity index (χ0) is 16.1. The van der Waals surface area contributed by atoms with Crippen molar-refractivity contribution in [2.24, 2.45) is 0 Å². The second kappa shape index (κ2) is 4.96. The number of rotatable bonds is 2. The molecule has 3 rings (SSSR count). The number of nitrogens with zero attached hydrogens (tertiary/aromatic N) is 2. The van der Waals surface area contributed by atoms with Gasteiger partial charge in [0, 0.05) is 20.2 Å². The minimum atomic E-state index is -3.68. The average Bonchev–Trinajstić information content (AvgIpc) is 3.05. The van der Waals surface area contributed by atoms with Gasteiger partial charge in [0.15, 0.2) is 0 Å². The van der Waals surface area contributed by atoms with Gasteiger partial charge in [0.2, 0.25) is 0 Å². The smallest absolute Gasteiger partial charge is 0.319 e. The third-order valence-corrected chi connectivity index (χ3v) is 6.07. The van der Waals surface area contributed by atoms with Crippen LogP contribution in [0.15, 0.2) is 29.6 Å². The Labute approximate surface area is 131 Å². The fourth-order valence-electron chi connectivity index (χ4n) is 2.18. The van der Waals surface area contributed by atoms with Crippen LogP contribution >= 0.6 is 11.3 Å². The second-order valence-corrected chi connectivity index (χ2v) is 7.63. The number of amides is 1. The fourth-order valence-corrected chi connectivity index (χ4v) is 3.95. The van der Waals surface area contributed by atoms with Crippen molar-refractivity contribution in [3.8, 4) is 0 Å². The van der Waals surface area contributed by atoms with Gasteiger partial charge in [0.25, 0.3) is 5.91 Å². The van der Waals surface area contributed by atoms with Gasteiger partial charge in [0.1, 0.15) is 5.82 Å². The molecule has 0 radical (unpaired) electrons. The van der Waals surface area contributed by atoms with Crippen molar-refractivity contribution < 1.29 is 17.6 Å². The van der Waals surface area contributed by atoms with Crippen LogP contribution in [-0.4, -0.2) is 28.4 Å². The summed E-state index contributed by atoms with van der Waals surface area (Å²) in [5.74, 6) is -1.13. The lowest BCUT2D eigenvalue weighted by Crippen LogP contribution is -2.32. The number of anilines is 3. The maximum atomic E-state index is 14.1. The Balaban J connectivity index is 2.00. The molecule has 1 amide bonds. The van der Waals surface area contributed by atoms with Crippen molar-refractivity contribution in [2.75, 3.05) is 28.0 Å². The van der Waals surface area contributed by atoms with Gasteiger partial charge in [-0.3, -0.25) is 13.4 Å². The molecule has 6 nitrogen and oxygen atoms in total. The highest BCUT2D eigenvalue weighted by Crippen LogP contribution is 2.41. The van der Waals surface area contributed by atoms with Crippen LogP contribution in [0.25, 0.3) is 0 Å². The van der Waals surface area contributed by atoms with E-state index in [9.17, 15) is 17.6 Å². The predicted octanol–water partition coefficient (Wildman–Crippen LogP) is 2.27. The van der Waals surface area contributed by atoms with Gasteiger partial charge in [-0.25, -0.2) is 4.39 Å². The molecule has 2 heterocycles. The molecule has 0 fully saturated rings. The Morgan fingerprint density at radius 1 is 1.23 bits per heavy atom. The minimum Gasteiger partial charge on any atom is -0.319 e. The number of halogens is 1. The third kappa shape index (κ3) is 2.13. The maximum absolute atomic E-state index is 14.1. The summed E-state index contributed by atoms with van der Waals surface area (Å²) in [4.78, 5) is 12.4. The van der Waals surface area contributed by atoms with E-state index >= 15 is 0 Å². The first-order chi connectivity index (χ1) is 10.3. The number of thiophene rings is 1. The molecule has 2 aromatic rings.